The minimum Gasteiger partial charge on any atom is -0.465 e. The van der Waals surface area contributed by atoms with E-state index in [2.05, 4.69) is 5.32 Å². The Kier molecular flexibility index (Phi) is 2.95. The highest BCUT2D eigenvalue weighted by Crippen LogP contribution is 2.65. The molecule has 0 aromatic carbocycles. The van der Waals surface area contributed by atoms with Gasteiger partial charge in [0.25, 0.3) is 5.92 Å². The molecule has 2 aliphatic rings. The quantitative estimate of drug-likeness (QED) is 0.805. The molecule has 1 saturated carbocycles. The van der Waals surface area contributed by atoms with E-state index in [-0.39, 0.29) is 19.5 Å². The van der Waals surface area contributed by atoms with Gasteiger partial charge in [0.15, 0.2) is 0 Å². The summed E-state index contributed by atoms with van der Waals surface area (Å²) < 4.78 is 26.3. The molecule has 7 heteroatoms. The van der Waals surface area contributed by atoms with E-state index < -0.39 is 29.4 Å². The minimum absolute atomic E-state index is 0.0383. The van der Waals surface area contributed by atoms with Crippen LogP contribution in [0.15, 0.2) is 0 Å². The molecule has 0 aromatic heterocycles. The number of rotatable bonds is 3. The van der Waals surface area contributed by atoms with Crippen molar-refractivity contribution in [2.24, 2.45) is 5.41 Å². The Balaban J connectivity index is 1.97. The molecule has 1 spiro atoms. The summed E-state index contributed by atoms with van der Waals surface area (Å²) in [7, 11) is 0. The van der Waals surface area contributed by atoms with Crippen molar-refractivity contribution in [1.82, 2.24) is 10.2 Å². The molecule has 2 atom stereocenters. The van der Waals surface area contributed by atoms with E-state index in [1.165, 1.54) is 4.90 Å². The first-order chi connectivity index (χ1) is 8.31. The third-order valence-corrected chi connectivity index (χ3v) is 3.88. The predicted molar refractivity (Wildman–Crippen MR) is 58.4 cm³/mol. The van der Waals surface area contributed by atoms with Crippen molar-refractivity contribution in [1.29, 1.82) is 0 Å². The first-order valence-electron chi connectivity index (χ1n) is 5.97. The van der Waals surface area contributed by atoms with Crippen molar-refractivity contribution in [2.45, 2.75) is 38.2 Å². The third kappa shape index (κ3) is 2.02. The molecular formula is C11H16F2N2O3. The van der Waals surface area contributed by atoms with E-state index in [9.17, 15) is 18.4 Å². The Morgan fingerprint density at radius 3 is 2.50 bits per heavy atom. The molecule has 1 saturated heterocycles. The number of alkyl halides is 2. The number of halogens is 2. The second kappa shape index (κ2) is 4.07. The number of carbonyl (C=O) groups excluding carboxylic acids is 1. The van der Waals surface area contributed by atoms with Crippen LogP contribution in [0.2, 0.25) is 0 Å². The van der Waals surface area contributed by atoms with Crippen molar-refractivity contribution in [3.63, 3.8) is 0 Å². The van der Waals surface area contributed by atoms with Gasteiger partial charge in [-0.25, -0.2) is 13.6 Å². The van der Waals surface area contributed by atoms with Gasteiger partial charge in [-0.15, -0.1) is 0 Å². The number of carbonyl (C=O) groups is 2. The second-order valence-corrected chi connectivity index (χ2v) is 5.08. The monoisotopic (exact) mass is 262 g/mol. The van der Waals surface area contributed by atoms with Crippen LogP contribution >= 0.6 is 0 Å². The first kappa shape index (κ1) is 13.0. The topological polar surface area (TPSA) is 69.6 Å². The maximum Gasteiger partial charge on any atom is 0.405 e. The Morgan fingerprint density at radius 2 is 2.11 bits per heavy atom. The third-order valence-electron chi connectivity index (χ3n) is 3.88. The second-order valence-electron chi connectivity index (χ2n) is 5.08. The summed E-state index contributed by atoms with van der Waals surface area (Å²) in [6.45, 7) is 2.00. The molecule has 2 unspecified atom stereocenters. The molecule has 0 bridgehead atoms. The van der Waals surface area contributed by atoms with Crippen molar-refractivity contribution < 1.29 is 23.5 Å². The summed E-state index contributed by atoms with van der Waals surface area (Å²) in [4.78, 5) is 23.9. The summed E-state index contributed by atoms with van der Waals surface area (Å²) in [5.41, 5.74) is -1.04. The van der Waals surface area contributed by atoms with Gasteiger partial charge in [-0.2, -0.15) is 0 Å². The molecule has 0 aromatic rings. The lowest BCUT2D eigenvalue weighted by atomic mass is 10.1. The fraction of sp³-hybridized carbons (Fsp3) is 0.818. The van der Waals surface area contributed by atoms with Crippen molar-refractivity contribution in [2.75, 3.05) is 13.1 Å². The van der Waals surface area contributed by atoms with Gasteiger partial charge in [0, 0.05) is 19.5 Å². The first-order valence-corrected chi connectivity index (χ1v) is 5.97. The van der Waals surface area contributed by atoms with Gasteiger partial charge in [-0.3, -0.25) is 4.79 Å². The minimum atomic E-state index is -2.66. The van der Waals surface area contributed by atoms with Crippen LogP contribution in [0.3, 0.4) is 0 Å². The van der Waals surface area contributed by atoms with E-state index in [1.807, 2.05) is 0 Å². The number of likely N-dealkylation sites (tertiary alicyclic amines) is 1. The van der Waals surface area contributed by atoms with Crippen molar-refractivity contribution in [3.05, 3.63) is 0 Å². The van der Waals surface area contributed by atoms with Crippen LogP contribution in [0, 0.1) is 5.41 Å². The number of nitrogens with zero attached hydrogens (tertiary/aromatic N) is 1. The zero-order valence-corrected chi connectivity index (χ0v) is 10.1. The Morgan fingerprint density at radius 1 is 1.50 bits per heavy atom. The van der Waals surface area contributed by atoms with Gasteiger partial charge in [0.05, 0.1) is 5.41 Å². The van der Waals surface area contributed by atoms with Crippen LogP contribution in [-0.4, -0.2) is 47.1 Å². The van der Waals surface area contributed by atoms with E-state index >= 15 is 0 Å². The highest BCUT2D eigenvalue weighted by Gasteiger charge is 2.73. The molecule has 2 amide bonds. The van der Waals surface area contributed by atoms with Gasteiger partial charge < -0.3 is 15.3 Å². The number of nitrogens with one attached hydrogen (secondary N) is 1. The van der Waals surface area contributed by atoms with Gasteiger partial charge in [0.1, 0.15) is 6.04 Å². The number of hydrogen-bond acceptors (Lipinski definition) is 2. The SMILES string of the molecule is CCC(NC(=O)O)C(=O)N1CCC2(C1)CC2(F)F. The average Bonchev–Trinajstić information content (AvgIpc) is 2.63. The van der Waals surface area contributed by atoms with Crippen molar-refractivity contribution in [3.8, 4) is 0 Å². The summed E-state index contributed by atoms with van der Waals surface area (Å²) in [5, 5.41) is 10.7. The molecular weight excluding hydrogens is 246 g/mol. The highest BCUT2D eigenvalue weighted by molar-refractivity contribution is 5.85. The molecule has 2 N–H and O–H groups in total. The van der Waals surface area contributed by atoms with E-state index in [4.69, 9.17) is 5.11 Å². The summed E-state index contributed by atoms with van der Waals surface area (Å²) >= 11 is 0. The lowest BCUT2D eigenvalue weighted by Crippen LogP contribution is -2.47. The Labute approximate surface area is 103 Å². The average molecular weight is 262 g/mol. The van der Waals surface area contributed by atoms with Crippen LogP contribution in [0.5, 0.6) is 0 Å². The zero-order valence-electron chi connectivity index (χ0n) is 10.1. The Hall–Kier alpha value is -1.40. The van der Waals surface area contributed by atoms with Crippen LogP contribution in [0.25, 0.3) is 0 Å². The van der Waals surface area contributed by atoms with Crippen LogP contribution in [0.4, 0.5) is 13.6 Å². The largest absolute Gasteiger partial charge is 0.465 e. The van der Waals surface area contributed by atoms with Crippen molar-refractivity contribution >= 4 is 12.0 Å². The number of hydrogen-bond donors (Lipinski definition) is 2. The van der Waals surface area contributed by atoms with E-state index in [0.29, 0.717) is 12.8 Å². The zero-order chi connectivity index (χ0) is 13.6. The van der Waals surface area contributed by atoms with Gasteiger partial charge in [-0.05, 0) is 12.8 Å². The number of carboxylic acid groups (broad SMARTS) is 1. The molecule has 1 heterocycles. The maximum absolute atomic E-state index is 13.2. The predicted octanol–water partition coefficient (Wildman–Crippen LogP) is 1.29. The van der Waals surface area contributed by atoms with Gasteiger partial charge in [0.2, 0.25) is 5.91 Å². The molecule has 1 aliphatic carbocycles. The number of amides is 2. The molecule has 102 valence electrons. The summed E-state index contributed by atoms with van der Waals surface area (Å²) in [6.07, 6.45) is -0.825. The van der Waals surface area contributed by atoms with Gasteiger partial charge >= 0.3 is 6.09 Å². The standard InChI is InChI=1S/C11H16F2N2O3/c1-2-7(14-9(17)18)8(16)15-4-3-10(6-15)5-11(10,12)13/h7,14H,2-6H2,1H3,(H,17,18). The molecule has 1 aliphatic heterocycles. The summed E-state index contributed by atoms with van der Waals surface area (Å²) in [6, 6.07) is -0.843. The van der Waals surface area contributed by atoms with Crippen LogP contribution in [-0.2, 0) is 4.79 Å². The highest BCUT2D eigenvalue weighted by atomic mass is 19.3. The lowest BCUT2D eigenvalue weighted by molar-refractivity contribution is -0.132. The lowest BCUT2D eigenvalue weighted by Gasteiger charge is -2.22. The molecule has 2 rings (SSSR count). The van der Waals surface area contributed by atoms with E-state index in [1.54, 1.807) is 6.92 Å². The Bertz CT molecular complexity index is 388. The normalized spacial score (nSPS) is 30.3. The molecule has 2 fully saturated rings. The fourth-order valence-electron chi connectivity index (χ4n) is 2.59. The summed E-state index contributed by atoms with van der Waals surface area (Å²) in [5.74, 6) is -3.07. The molecule has 18 heavy (non-hydrogen) atoms. The maximum atomic E-state index is 13.2. The van der Waals surface area contributed by atoms with Crippen LogP contribution < -0.4 is 5.32 Å². The smallest absolute Gasteiger partial charge is 0.405 e. The molecule has 0 radical (unpaired) electrons. The fourth-order valence-corrected chi connectivity index (χ4v) is 2.59. The molecule has 5 nitrogen and oxygen atoms in total. The van der Waals surface area contributed by atoms with Crippen LogP contribution in [0.1, 0.15) is 26.2 Å². The van der Waals surface area contributed by atoms with Gasteiger partial charge in [-0.1, -0.05) is 6.92 Å². The van der Waals surface area contributed by atoms with E-state index in [0.717, 1.165) is 0 Å².